The number of aromatic amines is 2. The zero-order valence-electron chi connectivity index (χ0n) is 10.6. The summed E-state index contributed by atoms with van der Waals surface area (Å²) in [6.45, 7) is 0.401. The molecule has 0 bridgehead atoms. The van der Waals surface area contributed by atoms with E-state index in [1.54, 1.807) is 6.20 Å². The Labute approximate surface area is 115 Å². The summed E-state index contributed by atoms with van der Waals surface area (Å²) in [4.78, 5) is 12.2. The Kier molecular flexibility index (Phi) is 3.28. The summed E-state index contributed by atoms with van der Waals surface area (Å²) in [7, 11) is 0. The maximum Gasteiger partial charge on any atom is 0.255 e. The third kappa shape index (κ3) is 2.44. The summed E-state index contributed by atoms with van der Waals surface area (Å²) >= 11 is 0. The molecule has 1 aromatic carbocycles. The molecule has 0 fully saturated rings. The van der Waals surface area contributed by atoms with Gasteiger partial charge in [0.1, 0.15) is 0 Å². The molecule has 0 radical (unpaired) electrons. The van der Waals surface area contributed by atoms with Crippen molar-refractivity contribution in [2.75, 3.05) is 0 Å². The average molecular weight is 267 g/mol. The molecule has 1 amide bonds. The van der Waals surface area contributed by atoms with Crippen LogP contribution < -0.4 is 5.32 Å². The molecule has 3 rings (SSSR count). The van der Waals surface area contributed by atoms with E-state index in [0.29, 0.717) is 17.8 Å². The summed E-state index contributed by atoms with van der Waals surface area (Å²) in [6.07, 6.45) is 3.18. The fourth-order valence-electron chi connectivity index (χ4n) is 1.94. The number of benzene rings is 1. The van der Waals surface area contributed by atoms with Crippen LogP contribution in [0.5, 0.6) is 0 Å². The number of hydrogen-bond donors (Lipinski definition) is 3. The van der Waals surface area contributed by atoms with Gasteiger partial charge < -0.3 is 5.32 Å². The van der Waals surface area contributed by atoms with E-state index in [-0.39, 0.29) is 5.91 Å². The Morgan fingerprint density at radius 1 is 1.10 bits per heavy atom. The van der Waals surface area contributed by atoms with Crippen LogP contribution in [0.15, 0.2) is 48.8 Å². The van der Waals surface area contributed by atoms with Gasteiger partial charge in [0.05, 0.1) is 29.7 Å². The maximum atomic E-state index is 12.2. The first-order valence-corrected chi connectivity index (χ1v) is 6.20. The molecule has 0 unspecified atom stereocenters. The van der Waals surface area contributed by atoms with Gasteiger partial charge >= 0.3 is 0 Å². The average Bonchev–Trinajstić information content (AvgIpc) is 3.17. The van der Waals surface area contributed by atoms with Crippen LogP contribution in [-0.2, 0) is 6.54 Å². The molecular weight excluding hydrogens is 254 g/mol. The maximum absolute atomic E-state index is 12.2. The molecule has 2 aromatic heterocycles. The molecule has 6 heteroatoms. The minimum atomic E-state index is -0.174. The molecule has 0 atom stereocenters. The Hall–Kier alpha value is -2.89. The van der Waals surface area contributed by atoms with Crippen molar-refractivity contribution in [3.63, 3.8) is 0 Å². The Balaban J connectivity index is 1.77. The van der Waals surface area contributed by atoms with Gasteiger partial charge in [-0.05, 0) is 6.07 Å². The van der Waals surface area contributed by atoms with E-state index >= 15 is 0 Å². The lowest BCUT2D eigenvalue weighted by Gasteiger charge is -2.04. The van der Waals surface area contributed by atoms with Crippen molar-refractivity contribution in [1.29, 1.82) is 0 Å². The highest BCUT2D eigenvalue weighted by molar-refractivity contribution is 5.99. The molecule has 0 aliphatic heterocycles. The molecule has 2 heterocycles. The van der Waals surface area contributed by atoms with Gasteiger partial charge in [0, 0.05) is 11.8 Å². The Morgan fingerprint density at radius 3 is 2.70 bits per heavy atom. The molecule has 0 saturated carbocycles. The number of carbonyl (C=O) groups excluding carboxylic acids is 1. The number of H-pyrrole nitrogens is 2. The van der Waals surface area contributed by atoms with Crippen molar-refractivity contribution in [1.82, 2.24) is 25.7 Å². The number of amides is 1. The molecule has 3 aromatic rings. The third-order valence-electron chi connectivity index (χ3n) is 2.94. The SMILES string of the molecule is O=C(NCc1ccn[nH]1)c1cn[nH]c1-c1ccccc1. The van der Waals surface area contributed by atoms with E-state index in [0.717, 1.165) is 11.3 Å². The van der Waals surface area contributed by atoms with Gasteiger partial charge in [0.25, 0.3) is 5.91 Å². The highest BCUT2D eigenvalue weighted by Crippen LogP contribution is 2.20. The number of aromatic nitrogens is 4. The van der Waals surface area contributed by atoms with Gasteiger partial charge in [-0.15, -0.1) is 0 Å². The highest BCUT2D eigenvalue weighted by atomic mass is 16.1. The van der Waals surface area contributed by atoms with Crippen molar-refractivity contribution in [3.05, 3.63) is 60.0 Å². The van der Waals surface area contributed by atoms with Crippen molar-refractivity contribution in [2.24, 2.45) is 0 Å². The van der Waals surface area contributed by atoms with E-state index in [9.17, 15) is 4.79 Å². The summed E-state index contributed by atoms with van der Waals surface area (Å²) in [5.41, 5.74) is 3.02. The van der Waals surface area contributed by atoms with Gasteiger partial charge in [-0.2, -0.15) is 10.2 Å². The smallest absolute Gasteiger partial charge is 0.255 e. The Morgan fingerprint density at radius 2 is 1.95 bits per heavy atom. The van der Waals surface area contributed by atoms with Gasteiger partial charge in [0.15, 0.2) is 0 Å². The van der Waals surface area contributed by atoms with Crippen molar-refractivity contribution < 1.29 is 4.79 Å². The second-order valence-electron chi connectivity index (χ2n) is 4.29. The molecule has 0 aliphatic carbocycles. The topological polar surface area (TPSA) is 86.5 Å². The standard InChI is InChI=1S/C14H13N5O/c20-14(15-8-11-6-7-16-18-11)12-9-17-19-13(12)10-4-2-1-3-5-10/h1-7,9H,8H2,(H,15,20)(H,16,18)(H,17,19). The number of rotatable bonds is 4. The number of nitrogens with one attached hydrogen (secondary N) is 3. The highest BCUT2D eigenvalue weighted by Gasteiger charge is 2.14. The molecule has 0 saturated heterocycles. The summed E-state index contributed by atoms with van der Waals surface area (Å²) < 4.78 is 0. The van der Waals surface area contributed by atoms with Crippen molar-refractivity contribution >= 4 is 5.91 Å². The lowest BCUT2D eigenvalue weighted by Crippen LogP contribution is -2.23. The summed E-state index contributed by atoms with van der Waals surface area (Å²) in [5, 5.41) is 16.3. The number of carbonyl (C=O) groups is 1. The zero-order valence-corrected chi connectivity index (χ0v) is 10.6. The van der Waals surface area contributed by atoms with E-state index in [2.05, 4.69) is 25.7 Å². The minimum absolute atomic E-state index is 0.174. The second kappa shape index (κ2) is 5.40. The van der Waals surface area contributed by atoms with Gasteiger partial charge in [-0.3, -0.25) is 15.0 Å². The molecule has 3 N–H and O–H groups in total. The minimum Gasteiger partial charge on any atom is -0.346 e. The van der Waals surface area contributed by atoms with E-state index in [1.165, 1.54) is 6.20 Å². The monoisotopic (exact) mass is 267 g/mol. The van der Waals surface area contributed by atoms with Crippen LogP contribution in [-0.4, -0.2) is 26.3 Å². The first kappa shape index (κ1) is 12.2. The molecular formula is C14H13N5O. The number of hydrogen-bond acceptors (Lipinski definition) is 3. The molecule has 100 valence electrons. The van der Waals surface area contributed by atoms with Crippen LogP contribution >= 0.6 is 0 Å². The number of nitrogens with zero attached hydrogens (tertiary/aromatic N) is 2. The van der Waals surface area contributed by atoms with E-state index in [1.807, 2.05) is 36.4 Å². The van der Waals surface area contributed by atoms with Crippen molar-refractivity contribution in [3.8, 4) is 11.3 Å². The van der Waals surface area contributed by atoms with Crippen LogP contribution in [0.1, 0.15) is 16.1 Å². The van der Waals surface area contributed by atoms with Crippen molar-refractivity contribution in [2.45, 2.75) is 6.54 Å². The summed E-state index contributed by atoms with van der Waals surface area (Å²) in [6, 6.07) is 11.4. The fraction of sp³-hybridized carbons (Fsp3) is 0.0714. The van der Waals surface area contributed by atoms with Crippen LogP contribution in [0, 0.1) is 0 Å². The van der Waals surface area contributed by atoms with E-state index in [4.69, 9.17) is 0 Å². The third-order valence-corrected chi connectivity index (χ3v) is 2.94. The quantitative estimate of drug-likeness (QED) is 0.672. The predicted molar refractivity (Wildman–Crippen MR) is 73.8 cm³/mol. The predicted octanol–water partition coefficient (Wildman–Crippen LogP) is 1.73. The lowest BCUT2D eigenvalue weighted by molar-refractivity contribution is 0.0951. The largest absolute Gasteiger partial charge is 0.346 e. The van der Waals surface area contributed by atoms with Crippen LogP contribution in [0.25, 0.3) is 11.3 Å². The summed E-state index contributed by atoms with van der Waals surface area (Å²) in [5.74, 6) is -0.174. The van der Waals surface area contributed by atoms with Crippen LogP contribution in [0.4, 0.5) is 0 Å². The second-order valence-corrected chi connectivity index (χ2v) is 4.29. The fourth-order valence-corrected chi connectivity index (χ4v) is 1.94. The van der Waals surface area contributed by atoms with Gasteiger partial charge in [-0.25, -0.2) is 0 Å². The van der Waals surface area contributed by atoms with E-state index < -0.39 is 0 Å². The molecule has 6 nitrogen and oxygen atoms in total. The normalized spacial score (nSPS) is 10.4. The molecule has 20 heavy (non-hydrogen) atoms. The Bertz CT molecular complexity index is 687. The molecule has 0 spiro atoms. The lowest BCUT2D eigenvalue weighted by atomic mass is 10.1. The van der Waals surface area contributed by atoms with Crippen LogP contribution in [0.2, 0.25) is 0 Å². The van der Waals surface area contributed by atoms with Gasteiger partial charge in [0.2, 0.25) is 0 Å². The zero-order chi connectivity index (χ0) is 13.8. The first-order valence-electron chi connectivity index (χ1n) is 6.20. The van der Waals surface area contributed by atoms with Gasteiger partial charge in [-0.1, -0.05) is 30.3 Å². The first-order chi connectivity index (χ1) is 9.84. The van der Waals surface area contributed by atoms with Crippen LogP contribution in [0.3, 0.4) is 0 Å². The molecule has 0 aliphatic rings.